The topological polar surface area (TPSA) is 92.6 Å². The maximum absolute atomic E-state index is 12.5. The maximum Gasteiger partial charge on any atom is 0.271 e. The lowest BCUT2D eigenvalue weighted by Gasteiger charge is -2.19. The van der Waals surface area contributed by atoms with Gasteiger partial charge in [-0.1, -0.05) is 23.8 Å². The molecule has 1 N–H and O–H groups in total. The van der Waals surface area contributed by atoms with E-state index in [1.165, 1.54) is 18.2 Å². The Morgan fingerprint density at radius 2 is 2.00 bits per heavy atom. The number of aryl methyl sites for hydroxylation is 2. The summed E-state index contributed by atoms with van der Waals surface area (Å²) in [6.45, 7) is 4.22. The van der Waals surface area contributed by atoms with Crippen molar-refractivity contribution in [2.24, 2.45) is 5.92 Å². The highest BCUT2D eigenvalue weighted by Crippen LogP contribution is 2.29. The van der Waals surface area contributed by atoms with Gasteiger partial charge in [0.2, 0.25) is 11.8 Å². The summed E-state index contributed by atoms with van der Waals surface area (Å²) >= 11 is 0. The summed E-state index contributed by atoms with van der Waals surface area (Å²) in [5, 5.41) is 13.5. The summed E-state index contributed by atoms with van der Waals surface area (Å²) in [6.07, 6.45) is 0.119. The zero-order valence-electron chi connectivity index (χ0n) is 14.6. The van der Waals surface area contributed by atoms with Crippen LogP contribution >= 0.6 is 0 Å². The zero-order valence-corrected chi connectivity index (χ0v) is 14.6. The predicted octanol–water partition coefficient (Wildman–Crippen LogP) is 3.20. The Bertz CT molecular complexity index is 894. The first-order chi connectivity index (χ1) is 12.3. The lowest BCUT2D eigenvalue weighted by Crippen LogP contribution is -2.28. The summed E-state index contributed by atoms with van der Waals surface area (Å²) in [5.74, 6) is -0.912. The lowest BCUT2D eigenvalue weighted by molar-refractivity contribution is -0.384. The van der Waals surface area contributed by atoms with E-state index in [2.05, 4.69) is 5.32 Å². The number of nitrogens with zero attached hydrogens (tertiary/aromatic N) is 2. The Labute approximate surface area is 150 Å². The van der Waals surface area contributed by atoms with Gasteiger partial charge in [0.15, 0.2) is 0 Å². The smallest absolute Gasteiger partial charge is 0.271 e. The zero-order chi connectivity index (χ0) is 18.8. The van der Waals surface area contributed by atoms with Gasteiger partial charge in [-0.05, 0) is 31.5 Å². The number of non-ortho nitro benzene ring substituents is 1. The van der Waals surface area contributed by atoms with Gasteiger partial charge in [-0.3, -0.25) is 19.7 Å². The molecular formula is C19H19N3O4. The van der Waals surface area contributed by atoms with E-state index in [4.69, 9.17) is 0 Å². The third-order valence-corrected chi connectivity index (χ3v) is 4.46. The number of carbonyl (C=O) groups is 2. The van der Waals surface area contributed by atoms with Crippen LogP contribution in [0.15, 0.2) is 42.5 Å². The van der Waals surface area contributed by atoms with Crippen LogP contribution in [0.25, 0.3) is 0 Å². The highest BCUT2D eigenvalue weighted by Gasteiger charge is 2.35. The number of nitro benzene ring substituents is 1. The normalized spacial score (nSPS) is 16.6. The molecule has 2 aromatic rings. The van der Waals surface area contributed by atoms with Crippen LogP contribution in [0.4, 0.5) is 17.1 Å². The van der Waals surface area contributed by atoms with E-state index in [9.17, 15) is 19.7 Å². The van der Waals surface area contributed by atoms with Gasteiger partial charge in [0.1, 0.15) is 0 Å². The molecule has 3 rings (SSSR count). The fourth-order valence-corrected chi connectivity index (χ4v) is 3.17. The highest BCUT2D eigenvalue weighted by atomic mass is 16.6. The van der Waals surface area contributed by atoms with Crippen LogP contribution in [0.3, 0.4) is 0 Å². The molecule has 0 aromatic heterocycles. The van der Waals surface area contributed by atoms with Gasteiger partial charge >= 0.3 is 0 Å². The minimum Gasteiger partial charge on any atom is -0.326 e. The van der Waals surface area contributed by atoms with Gasteiger partial charge in [-0.2, -0.15) is 0 Å². The van der Waals surface area contributed by atoms with Crippen molar-refractivity contribution >= 4 is 28.9 Å². The summed E-state index contributed by atoms with van der Waals surface area (Å²) in [4.78, 5) is 36.8. The van der Waals surface area contributed by atoms with Crippen molar-refractivity contribution in [2.75, 3.05) is 16.8 Å². The molecule has 134 valence electrons. The minimum absolute atomic E-state index is 0.0952. The predicted molar refractivity (Wildman–Crippen MR) is 98.1 cm³/mol. The van der Waals surface area contributed by atoms with Gasteiger partial charge in [-0.15, -0.1) is 0 Å². The quantitative estimate of drug-likeness (QED) is 0.675. The molecule has 0 saturated carbocycles. The van der Waals surface area contributed by atoms with Crippen molar-refractivity contribution < 1.29 is 14.5 Å². The Kier molecular flexibility index (Phi) is 4.71. The number of rotatable bonds is 4. The molecule has 1 fully saturated rings. The van der Waals surface area contributed by atoms with Gasteiger partial charge in [0.05, 0.1) is 10.8 Å². The van der Waals surface area contributed by atoms with Crippen LogP contribution in [0.5, 0.6) is 0 Å². The minimum atomic E-state index is -0.517. The molecule has 0 aliphatic carbocycles. The first-order valence-corrected chi connectivity index (χ1v) is 8.28. The van der Waals surface area contributed by atoms with Crippen molar-refractivity contribution in [1.82, 2.24) is 0 Å². The van der Waals surface area contributed by atoms with Crippen LogP contribution < -0.4 is 10.2 Å². The summed E-state index contributed by atoms with van der Waals surface area (Å²) in [5.41, 5.74) is 3.16. The second kappa shape index (κ2) is 6.95. The first kappa shape index (κ1) is 17.6. The molecule has 7 nitrogen and oxygen atoms in total. The van der Waals surface area contributed by atoms with Gasteiger partial charge in [-0.25, -0.2) is 0 Å². The van der Waals surface area contributed by atoms with Gasteiger partial charge < -0.3 is 10.2 Å². The number of nitrogens with one attached hydrogen (secondary N) is 1. The Hall–Kier alpha value is -3.22. The van der Waals surface area contributed by atoms with E-state index in [1.54, 1.807) is 11.0 Å². The second-order valence-electron chi connectivity index (χ2n) is 6.49. The Morgan fingerprint density at radius 3 is 2.69 bits per heavy atom. The number of amides is 2. The molecule has 0 spiro atoms. The number of hydrogen-bond donors (Lipinski definition) is 1. The van der Waals surface area contributed by atoms with Crippen LogP contribution in [0.1, 0.15) is 17.5 Å². The maximum atomic E-state index is 12.5. The van der Waals surface area contributed by atoms with E-state index in [0.717, 1.165) is 16.8 Å². The van der Waals surface area contributed by atoms with Gasteiger partial charge in [0.25, 0.3) is 5.69 Å². The molecule has 1 unspecified atom stereocenters. The van der Waals surface area contributed by atoms with E-state index in [1.807, 2.05) is 32.0 Å². The molecule has 7 heteroatoms. The summed E-state index contributed by atoms with van der Waals surface area (Å²) < 4.78 is 0. The Balaban J connectivity index is 1.73. The second-order valence-corrected chi connectivity index (χ2v) is 6.49. The number of carbonyl (C=O) groups excluding carboxylic acids is 2. The molecule has 1 atom stereocenters. The molecule has 1 aliphatic heterocycles. The van der Waals surface area contributed by atoms with Crippen molar-refractivity contribution in [3.05, 3.63) is 63.7 Å². The fraction of sp³-hybridized carbons (Fsp3) is 0.263. The molecule has 1 saturated heterocycles. The van der Waals surface area contributed by atoms with E-state index in [0.29, 0.717) is 12.2 Å². The SMILES string of the molecule is Cc1ccc(N2CC(C(=O)Nc3cccc([N+](=O)[O-])c3)CC2=O)c(C)c1. The van der Waals surface area contributed by atoms with Crippen molar-refractivity contribution in [1.29, 1.82) is 0 Å². The van der Waals surface area contributed by atoms with E-state index >= 15 is 0 Å². The van der Waals surface area contributed by atoms with Crippen molar-refractivity contribution in [3.8, 4) is 0 Å². The third kappa shape index (κ3) is 3.56. The summed E-state index contributed by atoms with van der Waals surface area (Å²) in [6, 6.07) is 11.6. The highest BCUT2D eigenvalue weighted by molar-refractivity contribution is 6.03. The average Bonchev–Trinajstić information content (AvgIpc) is 2.97. The van der Waals surface area contributed by atoms with E-state index in [-0.39, 0.29) is 23.9 Å². The monoisotopic (exact) mass is 353 g/mol. The van der Waals surface area contributed by atoms with Crippen LogP contribution in [-0.4, -0.2) is 23.3 Å². The molecule has 2 aromatic carbocycles. The molecule has 1 aliphatic rings. The van der Waals surface area contributed by atoms with Crippen LogP contribution in [-0.2, 0) is 9.59 Å². The largest absolute Gasteiger partial charge is 0.326 e. The van der Waals surface area contributed by atoms with Crippen molar-refractivity contribution in [2.45, 2.75) is 20.3 Å². The molecule has 26 heavy (non-hydrogen) atoms. The van der Waals surface area contributed by atoms with Crippen LogP contribution in [0.2, 0.25) is 0 Å². The first-order valence-electron chi connectivity index (χ1n) is 8.28. The van der Waals surface area contributed by atoms with Crippen molar-refractivity contribution in [3.63, 3.8) is 0 Å². The Morgan fingerprint density at radius 1 is 1.23 bits per heavy atom. The molecular weight excluding hydrogens is 334 g/mol. The van der Waals surface area contributed by atoms with Crippen LogP contribution in [0, 0.1) is 29.9 Å². The third-order valence-electron chi connectivity index (χ3n) is 4.46. The van der Waals surface area contributed by atoms with Gasteiger partial charge in [0, 0.05) is 36.5 Å². The average molecular weight is 353 g/mol. The standard InChI is InChI=1S/C19H19N3O4/c1-12-6-7-17(13(2)8-12)21-11-14(9-18(21)23)19(24)20-15-4-3-5-16(10-15)22(25)26/h3-8,10,14H,9,11H2,1-2H3,(H,20,24). The molecule has 0 radical (unpaired) electrons. The lowest BCUT2D eigenvalue weighted by atomic mass is 10.1. The molecule has 0 bridgehead atoms. The summed E-state index contributed by atoms with van der Waals surface area (Å²) in [7, 11) is 0. The molecule has 2 amide bonds. The number of hydrogen-bond acceptors (Lipinski definition) is 4. The van der Waals surface area contributed by atoms with E-state index < -0.39 is 10.8 Å². The number of anilines is 2. The molecule has 1 heterocycles. The number of nitro groups is 1. The number of benzene rings is 2. The fourth-order valence-electron chi connectivity index (χ4n) is 3.17.